The minimum Gasteiger partial charge on any atom is -0.478 e. The molecule has 0 unspecified atom stereocenters. The number of nitro benzene ring substituents is 1. The van der Waals surface area contributed by atoms with Crippen LogP contribution < -0.4 is 0 Å². The lowest BCUT2D eigenvalue weighted by Crippen LogP contribution is -2.02. The molecule has 2 aromatic rings. The van der Waals surface area contributed by atoms with Crippen LogP contribution in [0.15, 0.2) is 36.4 Å². The molecule has 5 nitrogen and oxygen atoms in total. The lowest BCUT2D eigenvalue weighted by atomic mass is 9.98. The van der Waals surface area contributed by atoms with Crippen molar-refractivity contribution in [3.8, 4) is 11.1 Å². The zero-order chi connectivity index (χ0) is 14.9. The van der Waals surface area contributed by atoms with Gasteiger partial charge >= 0.3 is 5.97 Å². The highest BCUT2D eigenvalue weighted by Gasteiger charge is 2.20. The Kier molecular flexibility index (Phi) is 3.43. The Morgan fingerprint density at radius 1 is 1.15 bits per heavy atom. The van der Waals surface area contributed by atoms with E-state index in [0.29, 0.717) is 0 Å². The molecule has 0 radical (unpaired) electrons. The monoisotopic (exact) mass is 279 g/mol. The molecule has 102 valence electrons. The standard InChI is InChI=1S/C13H7F2NO4/c14-11-3-1-2-8(12(11)15)10-6-7(16(19)20)4-5-9(10)13(17)18/h1-6H,(H,17,18). The molecule has 0 saturated carbocycles. The number of hydrogen-bond donors (Lipinski definition) is 1. The minimum atomic E-state index is -1.39. The first-order chi connectivity index (χ1) is 9.41. The van der Waals surface area contributed by atoms with Gasteiger partial charge in [-0.3, -0.25) is 10.1 Å². The fourth-order valence-electron chi connectivity index (χ4n) is 1.77. The summed E-state index contributed by atoms with van der Waals surface area (Å²) in [5.74, 6) is -3.81. The van der Waals surface area contributed by atoms with Gasteiger partial charge in [-0.05, 0) is 12.1 Å². The average molecular weight is 279 g/mol. The number of benzene rings is 2. The average Bonchev–Trinajstić information content (AvgIpc) is 2.41. The summed E-state index contributed by atoms with van der Waals surface area (Å²) in [6, 6.07) is 6.10. The molecule has 0 aliphatic carbocycles. The summed E-state index contributed by atoms with van der Waals surface area (Å²) < 4.78 is 26.9. The smallest absolute Gasteiger partial charge is 0.336 e. The Balaban J connectivity index is 2.76. The highest BCUT2D eigenvalue weighted by atomic mass is 19.2. The number of nitro groups is 1. The van der Waals surface area contributed by atoms with Gasteiger partial charge in [0.05, 0.1) is 10.5 Å². The van der Waals surface area contributed by atoms with Crippen molar-refractivity contribution in [1.82, 2.24) is 0 Å². The van der Waals surface area contributed by atoms with Gasteiger partial charge in [0.1, 0.15) is 0 Å². The number of carbonyl (C=O) groups is 1. The van der Waals surface area contributed by atoms with Crippen LogP contribution in [0, 0.1) is 21.7 Å². The van der Waals surface area contributed by atoms with Gasteiger partial charge in [0.15, 0.2) is 11.6 Å². The van der Waals surface area contributed by atoms with Crippen LogP contribution in [-0.2, 0) is 0 Å². The second kappa shape index (κ2) is 5.04. The number of hydrogen-bond acceptors (Lipinski definition) is 3. The minimum absolute atomic E-state index is 0.247. The van der Waals surface area contributed by atoms with Crippen LogP contribution in [0.25, 0.3) is 11.1 Å². The number of halogens is 2. The number of aromatic carboxylic acids is 1. The maximum Gasteiger partial charge on any atom is 0.336 e. The first-order valence-electron chi connectivity index (χ1n) is 5.38. The summed E-state index contributed by atoms with van der Waals surface area (Å²) in [5, 5.41) is 19.7. The lowest BCUT2D eigenvalue weighted by Gasteiger charge is -2.08. The number of nitrogens with zero attached hydrogens (tertiary/aromatic N) is 1. The molecule has 0 fully saturated rings. The summed E-state index contributed by atoms with van der Waals surface area (Å²) in [6.07, 6.45) is 0. The molecule has 0 saturated heterocycles. The maximum absolute atomic E-state index is 13.7. The summed E-state index contributed by atoms with van der Waals surface area (Å²) in [7, 11) is 0. The molecule has 0 amide bonds. The van der Waals surface area contributed by atoms with E-state index < -0.39 is 28.2 Å². The Morgan fingerprint density at radius 2 is 1.85 bits per heavy atom. The van der Waals surface area contributed by atoms with Crippen LogP contribution >= 0.6 is 0 Å². The molecule has 0 heterocycles. The van der Waals surface area contributed by atoms with Gasteiger partial charge in [-0.1, -0.05) is 12.1 Å². The van der Waals surface area contributed by atoms with E-state index >= 15 is 0 Å². The van der Waals surface area contributed by atoms with E-state index in [4.69, 9.17) is 5.11 Å². The highest BCUT2D eigenvalue weighted by molar-refractivity contribution is 5.96. The second-order valence-corrected chi connectivity index (χ2v) is 3.89. The molecule has 1 N–H and O–H groups in total. The molecule has 2 rings (SSSR count). The van der Waals surface area contributed by atoms with Gasteiger partial charge in [-0.2, -0.15) is 0 Å². The fraction of sp³-hybridized carbons (Fsp3) is 0. The van der Waals surface area contributed by atoms with E-state index in [1.54, 1.807) is 0 Å². The number of carboxylic acid groups (broad SMARTS) is 1. The molecular formula is C13H7F2NO4. The predicted octanol–water partition coefficient (Wildman–Crippen LogP) is 3.24. The summed E-state index contributed by atoms with van der Waals surface area (Å²) in [5.41, 5.74) is -1.34. The van der Waals surface area contributed by atoms with E-state index in [2.05, 4.69) is 0 Å². The highest BCUT2D eigenvalue weighted by Crippen LogP contribution is 2.30. The first-order valence-corrected chi connectivity index (χ1v) is 5.38. The fourth-order valence-corrected chi connectivity index (χ4v) is 1.77. The molecule has 0 aromatic heterocycles. The summed E-state index contributed by atoms with van der Waals surface area (Å²) in [4.78, 5) is 21.1. The third-order valence-electron chi connectivity index (χ3n) is 2.69. The van der Waals surface area contributed by atoms with Crippen LogP contribution in [0.4, 0.5) is 14.5 Å². The van der Waals surface area contributed by atoms with Crippen LogP contribution in [0.3, 0.4) is 0 Å². The molecule has 0 spiro atoms. The topological polar surface area (TPSA) is 80.4 Å². The molecule has 2 aromatic carbocycles. The molecular weight excluding hydrogens is 272 g/mol. The molecule has 0 atom stereocenters. The molecule has 0 aliphatic heterocycles. The lowest BCUT2D eigenvalue weighted by molar-refractivity contribution is -0.384. The van der Waals surface area contributed by atoms with Gasteiger partial charge in [0.25, 0.3) is 5.69 Å². The molecule has 0 aliphatic rings. The quantitative estimate of drug-likeness (QED) is 0.690. The summed E-state index contributed by atoms with van der Waals surface area (Å²) >= 11 is 0. The number of rotatable bonds is 3. The molecule has 20 heavy (non-hydrogen) atoms. The van der Waals surface area contributed by atoms with Crippen LogP contribution in [0.2, 0.25) is 0 Å². The number of non-ortho nitro benzene ring substituents is 1. The zero-order valence-electron chi connectivity index (χ0n) is 9.84. The Labute approximate surface area is 111 Å². The predicted molar refractivity (Wildman–Crippen MR) is 65.4 cm³/mol. The van der Waals surface area contributed by atoms with Crippen LogP contribution in [0.1, 0.15) is 10.4 Å². The normalized spacial score (nSPS) is 10.3. The van der Waals surface area contributed by atoms with E-state index in [0.717, 1.165) is 30.3 Å². The Bertz CT molecular complexity index is 716. The van der Waals surface area contributed by atoms with E-state index in [1.807, 2.05) is 0 Å². The molecule has 0 bridgehead atoms. The van der Waals surface area contributed by atoms with Crippen molar-refractivity contribution < 1.29 is 23.6 Å². The SMILES string of the molecule is O=C(O)c1ccc([N+](=O)[O-])cc1-c1cccc(F)c1F. The van der Waals surface area contributed by atoms with Gasteiger partial charge in [0.2, 0.25) is 0 Å². The van der Waals surface area contributed by atoms with Crippen molar-refractivity contribution in [2.45, 2.75) is 0 Å². The van der Waals surface area contributed by atoms with Gasteiger partial charge in [-0.25, -0.2) is 13.6 Å². The third kappa shape index (κ3) is 2.33. The van der Waals surface area contributed by atoms with E-state index in [9.17, 15) is 23.7 Å². The third-order valence-corrected chi connectivity index (χ3v) is 2.69. The maximum atomic E-state index is 13.7. The van der Waals surface area contributed by atoms with Crippen LogP contribution in [0.5, 0.6) is 0 Å². The number of carboxylic acids is 1. The molecule has 7 heteroatoms. The van der Waals surface area contributed by atoms with Crippen molar-refractivity contribution in [3.05, 3.63) is 63.7 Å². The van der Waals surface area contributed by atoms with Crippen molar-refractivity contribution >= 4 is 11.7 Å². The van der Waals surface area contributed by atoms with Gasteiger partial charge in [-0.15, -0.1) is 0 Å². The Hall–Kier alpha value is -2.83. The van der Waals surface area contributed by atoms with Crippen molar-refractivity contribution in [2.75, 3.05) is 0 Å². The Morgan fingerprint density at radius 3 is 2.45 bits per heavy atom. The van der Waals surface area contributed by atoms with Crippen molar-refractivity contribution in [2.24, 2.45) is 0 Å². The summed E-state index contributed by atoms with van der Waals surface area (Å²) in [6.45, 7) is 0. The second-order valence-electron chi connectivity index (χ2n) is 3.89. The van der Waals surface area contributed by atoms with Gasteiger partial charge in [0, 0.05) is 23.3 Å². The van der Waals surface area contributed by atoms with Crippen molar-refractivity contribution in [3.63, 3.8) is 0 Å². The van der Waals surface area contributed by atoms with Crippen molar-refractivity contribution in [1.29, 1.82) is 0 Å². The zero-order valence-corrected chi connectivity index (χ0v) is 9.84. The van der Waals surface area contributed by atoms with Crippen LogP contribution in [-0.4, -0.2) is 16.0 Å². The largest absolute Gasteiger partial charge is 0.478 e. The first kappa shape index (κ1) is 13.6. The van der Waals surface area contributed by atoms with E-state index in [1.165, 1.54) is 6.07 Å². The van der Waals surface area contributed by atoms with Gasteiger partial charge < -0.3 is 5.11 Å². The van der Waals surface area contributed by atoms with E-state index in [-0.39, 0.29) is 16.7 Å².